The molecule has 0 atom stereocenters. The lowest BCUT2D eigenvalue weighted by Gasteiger charge is -2.02. The van der Waals surface area contributed by atoms with Gasteiger partial charge in [0, 0.05) is 6.07 Å². The standard InChI is InChI=1S/C9H8N2O4/c1-2-6-3-4-7(10-9(12)13)8(5-6)11(14)15/h2-5,10H,1H2,(H,12,13). The highest BCUT2D eigenvalue weighted by Gasteiger charge is 2.15. The summed E-state index contributed by atoms with van der Waals surface area (Å²) in [5.41, 5.74) is 0.200. The second kappa shape index (κ2) is 4.23. The van der Waals surface area contributed by atoms with E-state index >= 15 is 0 Å². The lowest BCUT2D eigenvalue weighted by molar-refractivity contribution is -0.383. The van der Waals surface area contributed by atoms with Crippen molar-refractivity contribution in [3.05, 3.63) is 40.5 Å². The zero-order valence-electron chi connectivity index (χ0n) is 7.64. The third kappa shape index (κ3) is 2.53. The molecule has 0 aliphatic carbocycles. The van der Waals surface area contributed by atoms with E-state index in [0.717, 1.165) is 0 Å². The van der Waals surface area contributed by atoms with E-state index in [4.69, 9.17) is 5.11 Å². The zero-order chi connectivity index (χ0) is 11.4. The molecule has 1 amide bonds. The van der Waals surface area contributed by atoms with Crippen LogP contribution in [0.2, 0.25) is 0 Å². The fourth-order valence-electron chi connectivity index (χ4n) is 1.05. The second-order valence-electron chi connectivity index (χ2n) is 2.67. The van der Waals surface area contributed by atoms with Gasteiger partial charge in [-0.05, 0) is 11.6 Å². The monoisotopic (exact) mass is 208 g/mol. The van der Waals surface area contributed by atoms with Gasteiger partial charge < -0.3 is 5.11 Å². The minimum absolute atomic E-state index is 0.0573. The Balaban J connectivity index is 3.20. The third-order valence-corrected chi connectivity index (χ3v) is 1.70. The number of hydrogen-bond acceptors (Lipinski definition) is 3. The van der Waals surface area contributed by atoms with Crippen molar-refractivity contribution in [2.45, 2.75) is 0 Å². The summed E-state index contributed by atoms with van der Waals surface area (Å²) in [4.78, 5) is 20.3. The van der Waals surface area contributed by atoms with E-state index in [1.54, 1.807) is 0 Å². The van der Waals surface area contributed by atoms with Gasteiger partial charge in [-0.25, -0.2) is 4.79 Å². The van der Waals surface area contributed by atoms with Crippen LogP contribution in [0.4, 0.5) is 16.2 Å². The summed E-state index contributed by atoms with van der Waals surface area (Å²) >= 11 is 0. The molecule has 0 unspecified atom stereocenters. The molecule has 0 saturated heterocycles. The number of nitrogens with zero attached hydrogens (tertiary/aromatic N) is 1. The summed E-state index contributed by atoms with van der Waals surface area (Å²) in [5.74, 6) is 0. The number of anilines is 1. The molecule has 1 aromatic rings. The molecular weight excluding hydrogens is 200 g/mol. The summed E-state index contributed by atoms with van der Waals surface area (Å²) in [6.07, 6.45) is 0.0989. The summed E-state index contributed by atoms with van der Waals surface area (Å²) in [6.45, 7) is 3.46. The van der Waals surface area contributed by atoms with Crippen molar-refractivity contribution >= 4 is 23.5 Å². The smallest absolute Gasteiger partial charge is 0.409 e. The Morgan fingerprint density at radius 1 is 1.60 bits per heavy atom. The van der Waals surface area contributed by atoms with E-state index in [2.05, 4.69) is 6.58 Å². The van der Waals surface area contributed by atoms with E-state index in [-0.39, 0.29) is 11.4 Å². The largest absolute Gasteiger partial charge is 0.465 e. The van der Waals surface area contributed by atoms with Crippen LogP contribution in [-0.4, -0.2) is 16.1 Å². The minimum atomic E-state index is -1.34. The van der Waals surface area contributed by atoms with E-state index in [1.165, 1.54) is 24.3 Å². The number of benzene rings is 1. The van der Waals surface area contributed by atoms with Gasteiger partial charge in [-0.1, -0.05) is 18.7 Å². The van der Waals surface area contributed by atoms with Crippen LogP contribution in [-0.2, 0) is 0 Å². The fourth-order valence-corrected chi connectivity index (χ4v) is 1.05. The van der Waals surface area contributed by atoms with Crippen LogP contribution in [0.5, 0.6) is 0 Å². The molecule has 1 aromatic carbocycles. The molecule has 78 valence electrons. The first kappa shape index (κ1) is 10.7. The first-order valence-corrected chi connectivity index (χ1v) is 3.95. The molecule has 6 nitrogen and oxygen atoms in total. The van der Waals surface area contributed by atoms with Crippen molar-refractivity contribution in [2.75, 3.05) is 5.32 Å². The van der Waals surface area contributed by atoms with Gasteiger partial charge in [-0.15, -0.1) is 0 Å². The van der Waals surface area contributed by atoms with Gasteiger partial charge in [0.25, 0.3) is 5.69 Å². The molecule has 2 N–H and O–H groups in total. The molecule has 0 aromatic heterocycles. The molecule has 0 radical (unpaired) electrons. The topological polar surface area (TPSA) is 92.5 Å². The Hall–Kier alpha value is -2.37. The van der Waals surface area contributed by atoms with Crippen LogP contribution in [0, 0.1) is 10.1 Å². The number of rotatable bonds is 3. The molecule has 0 fully saturated rings. The molecule has 0 aliphatic rings. The number of nitro benzene ring substituents is 1. The minimum Gasteiger partial charge on any atom is -0.465 e. The van der Waals surface area contributed by atoms with Crippen molar-refractivity contribution < 1.29 is 14.8 Å². The van der Waals surface area contributed by atoms with Crippen molar-refractivity contribution in [3.8, 4) is 0 Å². The predicted molar refractivity (Wildman–Crippen MR) is 54.8 cm³/mol. The number of carboxylic acid groups (broad SMARTS) is 1. The highest BCUT2D eigenvalue weighted by molar-refractivity contribution is 5.86. The Morgan fingerprint density at radius 2 is 2.27 bits per heavy atom. The average Bonchev–Trinajstić information content (AvgIpc) is 2.17. The number of hydrogen-bond donors (Lipinski definition) is 2. The quantitative estimate of drug-likeness (QED) is 0.588. The highest BCUT2D eigenvalue weighted by atomic mass is 16.6. The van der Waals surface area contributed by atoms with Crippen LogP contribution in [0.15, 0.2) is 24.8 Å². The first-order valence-electron chi connectivity index (χ1n) is 3.95. The molecule has 15 heavy (non-hydrogen) atoms. The van der Waals surface area contributed by atoms with Gasteiger partial charge >= 0.3 is 6.09 Å². The Morgan fingerprint density at radius 3 is 2.73 bits per heavy atom. The molecular formula is C9H8N2O4. The van der Waals surface area contributed by atoms with E-state index in [1.807, 2.05) is 5.32 Å². The van der Waals surface area contributed by atoms with Crippen LogP contribution in [0.25, 0.3) is 6.08 Å². The summed E-state index contributed by atoms with van der Waals surface area (Å²) in [5, 5.41) is 21.0. The predicted octanol–water partition coefficient (Wildman–Crippen LogP) is 2.33. The molecule has 0 saturated carbocycles. The molecule has 0 heterocycles. The van der Waals surface area contributed by atoms with E-state index < -0.39 is 11.0 Å². The maximum absolute atomic E-state index is 10.6. The van der Waals surface area contributed by atoms with Gasteiger partial charge in [0.1, 0.15) is 5.69 Å². The average molecular weight is 208 g/mol. The Kier molecular flexibility index (Phi) is 3.02. The first-order chi connectivity index (χ1) is 7.04. The van der Waals surface area contributed by atoms with Crippen LogP contribution in [0.1, 0.15) is 5.56 Å². The summed E-state index contributed by atoms with van der Waals surface area (Å²) in [6, 6.07) is 4.10. The second-order valence-corrected chi connectivity index (χ2v) is 2.67. The summed E-state index contributed by atoms with van der Waals surface area (Å²) < 4.78 is 0. The van der Waals surface area contributed by atoms with Crippen LogP contribution < -0.4 is 5.32 Å². The van der Waals surface area contributed by atoms with Crippen molar-refractivity contribution in [3.63, 3.8) is 0 Å². The molecule has 0 spiro atoms. The summed E-state index contributed by atoms with van der Waals surface area (Å²) in [7, 11) is 0. The molecule has 0 bridgehead atoms. The maximum atomic E-state index is 10.6. The highest BCUT2D eigenvalue weighted by Crippen LogP contribution is 2.25. The van der Waals surface area contributed by atoms with E-state index in [9.17, 15) is 14.9 Å². The molecule has 1 rings (SSSR count). The zero-order valence-corrected chi connectivity index (χ0v) is 7.64. The fraction of sp³-hybridized carbons (Fsp3) is 0. The SMILES string of the molecule is C=Cc1ccc(NC(=O)O)c([N+](=O)[O-])c1. The lowest BCUT2D eigenvalue weighted by Crippen LogP contribution is -2.09. The molecule has 0 aliphatic heterocycles. The number of nitrogens with one attached hydrogen (secondary N) is 1. The normalized spacial score (nSPS) is 9.33. The number of amides is 1. The van der Waals surface area contributed by atoms with Gasteiger partial charge in [0.15, 0.2) is 0 Å². The van der Waals surface area contributed by atoms with E-state index in [0.29, 0.717) is 5.56 Å². The van der Waals surface area contributed by atoms with Crippen LogP contribution >= 0.6 is 0 Å². The third-order valence-electron chi connectivity index (χ3n) is 1.70. The Labute approximate surface area is 85.0 Å². The van der Waals surface area contributed by atoms with Crippen molar-refractivity contribution in [2.24, 2.45) is 0 Å². The van der Waals surface area contributed by atoms with Gasteiger partial charge in [0.05, 0.1) is 4.92 Å². The van der Waals surface area contributed by atoms with Crippen molar-refractivity contribution in [1.29, 1.82) is 0 Å². The van der Waals surface area contributed by atoms with Crippen LogP contribution in [0.3, 0.4) is 0 Å². The van der Waals surface area contributed by atoms with Gasteiger partial charge in [0.2, 0.25) is 0 Å². The number of nitro groups is 1. The van der Waals surface area contributed by atoms with Gasteiger partial charge in [-0.3, -0.25) is 15.4 Å². The van der Waals surface area contributed by atoms with Crippen molar-refractivity contribution in [1.82, 2.24) is 0 Å². The molecule has 6 heteroatoms. The Bertz CT molecular complexity index is 428. The lowest BCUT2D eigenvalue weighted by atomic mass is 10.1. The number of carbonyl (C=O) groups is 1. The van der Waals surface area contributed by atoms with Gasteiger partial charge in [-0.2, -0.15) is 0 Å². The maximum Gasteiger partial charge on any atom is 0.409 e.